The third-order valence-electron chi connectivity index (χ3n) is 2.95. The fourth-order valence-electron chi connectivity index (χ4n) is 2.13. The van der Waals surface area contributed by atoms with Gasteiger partial charge in [0.05, 0.1) is 11.1 Å². The lowest BCUT2D eigenvalue weighted by Gasteiger charge is -1.93. The minimum Gasteiger partial charge on any atom is -0.454 e. The van der Waals surface area contributed by atoms with Crippen LogP contribution in [0.2, 0.25) is 0 Å². The van der Waals surface area contributed by atoms with Gasteiger partial charge in [-0.15, -0.1) is 0 Å². The minimum absolute atomic E-state index is 0.267. The Morgan fingerprint density at radius 2 is 1.21 bits per heavy atom. The Labute approximate surface area is 117 Å². The molecular formula is C14H6Cl2O3. The normalized spacial score (nSPS) is 11.1. The number of para-hydroxylation sites is 2. The maximum atomic E-state index is 11.4. The molecule has 3 aromatic rings. The van der Waals surface area contributed by atoms with Crippen LogP contribution in [0, 0.1) is 0 Å². The van der Waals surface area contributed by atoms with E-state index in [-0.39, 0.29) is 11.1 Å². The first kappa shape index (κ1) is 12.2. The van der Waals surface area contributed by atoms with Crippen LogP contribution in [0.5, 0.6) is 0 Å². The van der Waals surface area contributed by atoms with E-state index in [1.807, 2.05) is 0 Å². The van der Waals surface area contributed by atoms with Crippen molar-refractivity contribution in [1.82, 2.24) is 0 Å². The Bertz CT molecular complexity index is 765. The second kappa shape index (κ2) is 4.37. The van der Waals surface area contributed by atoms with Gasteiger partial charge in [0.1, 0.15) is 11.2 Å². The van der Waals surface area contributed by atoms with Gasteiger partial charge < -0.3 is 4.42 Å². The van der Waals surface area contributed by atoms with Crippen LogP contribution >= 0.6 is 23.2 Å². The van der Waals surface area contributed by atoms with Gasteiger partial charge in [-0.3, -0.25) is 9.59 Å². The highest BCUT2D eigenvalue weighted by Crippen LogP contribution is 2.33. The van der Waals surface area contributed by atoms with Gasteiger partial charge in [-0.25, -0.2) is 0 Å². The monoisotopic (exact) mass is 292 g/mol. The Balaban J connectivity index is 2.51. The van der Waals surface area contributed by atoms with Crippen LogP contribution in [0.4, 0.5) is 0 Å². The van der Waals surface area contributed by atoms with Gasteiger partial charge >= 0.3 is 0 Å². The lowest BCUT2D eigenvalue weighted by molar-refractivity contribution is 0.107. The Morgan fingerprint density at radius 1 is 0.789 bits per heavy atom. The highest BCUT2D eigenvalue weighted by Gasteiger charge is 2.17. The molecule has 0 N–H and O–H groups in total. The van der Waals surface area contributed by atoms with E-state index in [9.17, 15) is 9.59 Å². The molecule has 3 rings (SSSR count). The van der Waals surface area contributed by atoms with E-state index < -0.39 is 10.5 Å². The number of carbonyl (C=O) groups is 2. The van der Waals surface area contributed by atoms with Crippen LogP contribution < -0.4 is 0 Å². The van der Waals surface area contributed by atoms with Gasteiger partial charge in [0.15, 0.2) is 0 Å². The lowest BCUT2D eigenvalue weighted by Crippen LogP contribution is -1.88. The lowest BCUT2D eigenvalue weighted by atomic mass is 10.1. The molecule has 0 unspecified atom stereocenters. The average molecular weight is 293 g/mol. The summed E-state index contributed by atoms with van der Waals surface area (Å²) in [6.07, 6.45) is 0. The van der Waals surface area contributed by atoms with E-state index in [1.54, 1.807) is 36.4 Å². The quantitative estimate of drug-likeness (QED) is 0.660. The van der Waals surface area contributed by atoms with Crippen LogP contribution in [-0.2, 0) is 0 Å². The summed E-state index contributed by atoms with van der Waals surface area (Å²) in [4.78, 5) is 22.7. The molecule has 0 aliphatic carbocycles. The van der Waals surface area contributed by atoms with E-state index in [4.69, 9.17) is 27.6 Å². The van der Waals surface area contributed by atoms with E-state index in [1.165, 1.54) is 0 Å². The van der Waals surface area contributed by atoms with Crippen molar-refractivity contribution >= 4 is 55.6 Å². The zero-order chi connectivity index (χ0) is 13.6. The topological polar surface area (TPSA) is 47.3 Å². The molecule has 0 amide bonds. The molecule has 0 saturated heterocycles. The van der Waals surface area contributed by atoms with Gasteiger partial charge in [-0.2, -0.15) is 0 Å². The number of hydrogen-bond donors (Lipinski definition) is 0. The Kier molecular flexibility index (Phi) is 2.81. The summed E-state index contributed by atoms with van der Waals surface area (Å²) in [7, 11) is 0. The van der Waals surface area contributed by atoms with Crippen molar-refractivity contribution < 1.29 is 14.0 Å². The summed E-state index contributed by atoms with van der Waals surface area (Å²) in [5, 5.41) is 0.231. The minimum atomic E-state index is -0.608. The second-order valence-corrected chi connectivity index (χ2v) is 4.70. The number of benzene rings is 2. The number of hydrogen-bond acceptors (Lipinski definition) is 3. The molecule has 0 saturated carbocycles. The Morgan fingerprint density at radius 3 is 1.58 bits per heavy atom. The molecular weight excluding hydrogens is 287 g/mol. The molecule has 0 bridgehead atoms. The predicted octanol–water partition coefficient (Wildman–Crippen LogP) is 4.34. The fraction of sp³-hybridized carbons (Fsp3) is 0. The summed E-state index contributed by atoms with van der Waals surface area (Å²) >= 11 is 11.0. The van der Waals surface area contributed by atoms with E-state index in [0.717, 1.165) is 10.8 Å². The fourth-order valence-corrected chi connectivity index (χ4v) is 2.43. The molecule has 0 spiro atoms. The van der Waals surface area contributed by atoms with Crippen LogP contribution in [0.3, 0.4) is 0 Å². The van der Waals surface area contributed by atoms with Gasteiger partial charge in [0, 0.05) is 10.8 Å². The summed E-state index contributed by atoms with van der Waals surface area (Å²) in [6, 6.07) is 10.2. The van der Waals surface area contributed by atoms with Gasteiger partial charge in [0.25, 0.3) is 10.5 Å². The molecule has 1 aromatic heterocycles. The third kappa shape index (κ3) is 1.82. The average Bonchev–Trinajstić information content (AvgIpc) is 2.76. The van der Waals surface area contributed by atoms with Gasteiger partial charge in [-0.1, -0.05) is 24.3 Å². The molecule has 19 heavy (non-hydrogen) atoms. The first-order chi connectivity index (χ1) is 9.09. The van der Waals surface area contributed by atoms with E-state index in [2.05, 4.69) is 0 Å². The summed E-state index contributed by atoms with van der Waals surface area (Å²) in [6.45, 7) is 0. The van der Waals surface area contributed by atoms with Crippen molar-refractivity contribution in [1.29, 1.82) is 0 Å². The van der Waals surface area contributed by atoms with Crippen molar-refractivity contribution in [2.45, 2.75) is 0 Å². The molecule has 0 aliphatic rings. The van der Waals surface area contributed by atoms with Gasteiger partial charge in [0.2, 0.25) is 0 Å². The third-order valence-corrected chi connectivity index (χ3v) is 3.36. The standard InChI is InChI=1S/C14H6Cl2O3/c15-13(17)9-5-1-3-7-8-4-2-6-10(14(16)18)12(8)19-11(7)9/h1-6H. The maximum Gasteiger partial charge on any atom is 0.256 e. The molecule has 2 aromatic carbocycles. The van der Waals surface area contributed by atoms with Crippen molar-refractivity contribution in [3.05, 3.63) is 47.5 Å². The van der Waals surface area contributed by atoms with E-state index >= 15 is 0 Å². The zero-order valence-corrected chi connectivity index (χ0v) is 11.0. The number of rotatable bonds is 2. The summed E-state index contributed by atoms with van der Waals surface area (Å²) in [5.74, 6) is 0. The molecule has 5 heteroatoms. The summed E-state index contributed by atoms with van der Waals surface area (Å²) < 4.78 is 5.63. The van der Waals surface area contributed by atoms with Crippen LogP contribution in [0.1, 0.15) is 20.7 Å². The predicted molar refractivity (Wildman–Crippen MR) is 74.1 cm³/mol. The van der Waals surface area contributed by atoms with Crippen LogP contribution in [0.15, 0.2) is 40.8 Å². The zero-order valence-electron chi connectivity index (χ0n) is 9.44. The summed E-state index contributed by atoms with van der Waals surface area (Å²) in [5.41, 5.74) is 1.26. The molecule has 0 aliphatic heterocycles. The van der Waals surface area contributed by atoms with Gasteiger partial charge in [-0.05, 0) is 35.3 Å². The number of halogens is 2. The van der Waals surface area contributed by atoms with Crippen LogP contribution in [-0.4, -0.2) is 10.5 Å². The molecule has 0 radical (unpaired) electrons. The highest BCUT2D eigenvalue weighted by atomic mass is 35.5. The second-order valence-electron chi connectivity index (χ2n) is 4.01. The van der Waals surface area contributed by atoms with Crippen molar-refractivity contribution in [2.24, 2.45) is 0 Å². The van der Waals surface area contributed by atoms with Crippen LogP contribution in [0.25, 0.3) is 21.9 Å². The Hall–Kier alpha value is -1.84. The highest BCUT2D eigenvalue weighted by molar-refractivity contribution is 6.69. The molecule has 1 heterocycles. The molecule has 0 atom stereocenters. The smallest absolute Gasteiger partial charge is 0.256 e. The molecule has 94 valence electrons. The van der Waals surface area contributed by atoms with Crippen molar-refractivity contribution in [2.75, 3.05) is 0 Å². The number of carbonyl (C=O) groups excluding carboxylic acids is 2. The first-order valence-corrected chi connectivity index (χ1v) is 6.19. The molecule has 0 fully saturated rings. The largest absolute Gasteiger partial charge is 0.454 e. The molecule has 3 nitrogen and oxygen atoms in total. The SMILES string of the molecule is O=C(Cl)c1cccc2c1oc1c(C(=O)Cl)cccc12. The number of fused-ring (bicyclic) bond motifs is 3. The van der Waals surface area contributed by atoms with Crippen molar-refractivity contribution in [3.63, 3.8) is 0 Å². The first-order valence-electron chi connectivity index (χ1n) is 5.43. The van der Waals surface area contributed by atoms with E-state index in [0.29, 0.717) is 11.2 Å². The number of furan rings is 1. The van der Waals surface area contributed by atoms with Crippen molar-refractivity contribution in [3.8, 4) is 0 Å². The maximum absolute atomic E-state index is 11.4.